The van der Waals surface area contributed by atoms with Gasteiger partial charge in [0.05, 0.1) is 18.8 Å². The lowest BCUT2D eigenvalue weighted by Crippen LogP contribution is -2.50. The lowest BCUT2D eigenvalue weighted by molar-refractivity contribution is -0.138. The van der Waals surface area contributed by atoms with Crippen molar-refractivity contribution in [1.29, 1.82) is 0 Å². The smallest absolute Gasteiger partial charge is 0.378 e. The zero-order valence-corrected chi connectivity index (χ0v) is 11.1. The van der Waals surface area contributed by atoms with Gasteiger partial charge in [-0.1, -0.05) is 18.2 Å². The van der Waals surface area contributed by atoms with E-state index in [1.807, 2.05) is 6.08 Å². The number of fused-ring (bicyclic) bond motifs is 2. The van der Waals surface area contributed by atoms with Crippen molar-refractivity contribution >= 4 is 5.57 Å². The van der Waals surface area contributed by atoms with Crippen LogP contribution in [0.1, 0.15) is 23.1 Å². The normalized spacial score (nSPS) is 26.3. The van der Waals surface area contributed by atoms with Crippen molar-refractivity contribution < 1.29 is 17.9 Å². The Labute approximate surface area is 115 Å². The number of hydrogen-bond acceptors (Lipinski definition) is 2. The van der Waals surface area contributed by atoms with Gasteiger partial charge in [0.1, 0.15) is 0 Å². The third kappa shape index (κ3) is 2.60. The molecule has 1 fully saturated rings. The Kier molecular flexibility index (Phi) is 3.34. The van der Waals surface area contributed by atoms with Crippen molar-refractivity contribution in [3.63, 3.8) is 0 Å². The van der Waals surface area contributed by atoms with Crippen LogP contribution in [0.2, 0.25) is 0 Å². The lowest BCUT2D eigenvalue weighted by atomic mass is 9.90. The Morgan fingerprint density at radius 2 is 2.05 bits per heavy atom. The van der Waals surface area contributed by atoms with E-state index < -0.39 is 11.7 Å². The second-order valence-corrected chi connectivity index (χ2v) is 5.43. The van der Waals surface area contributed by atoms with Crippen LogP contribution in [0.5, 0.6) is 0 Å². The molecule has 2 aliphatic heterocycles. The van der Waals surface area contributed by atoms with E-state index in [1.54, 1.807) is 12.1 Å². The van der Waals surface area contributed by atoms with Crippen LogP contribution in [0.25, 0.3) is 5.57 Å². The number of alkyl halides is 3. The molecule has 2 unspecified atom stereocenters. The minimum absolute atomic E-state index is 0.105. The van der Waals surface area contributed by atoms with Gasteiger partial charge in [-0.05, 0) is 36.1 Å². The highest BCUT2D eigenvalue weighted by molar-refractivity contribution is 5.69. The van der Waals surface area contributed by atoms with Crippen LogP contribution in [0.4, 0.5) is 13.2 Å². The molecule has 2 atom stereocenters. The molecule has 2 aliphatic rings. The highest BCUT2D eigenvalue weighted by atomic mass is 19.4. The maximum atomic E-state index is 13.0. The van der Waals surface area contributed by atoms with Gasteiger partial charge in [-0.25, -0.2) is 0 Å². The molecule has 0 amide bonds. The van der Waals surface area contributed by atoms with E-state index in [0.717, 1.165) is 5.57 Å². The molecule has 5 heteroatoms. The summed E-state index contributed by atoms with van der Waals surface area (Å²) in [6.45, 7) is 2.69. The summed E-state index contributed by atoms with van der Waals surface area (Å²) in [5.41, 5.74) is 1.36. The van der Waals surface area contributed by atoms with Crippen LogP contribution >= 0.6 is 0 Å². The summed E-state index contributed by atoms with van der Waals surface area (Å²) < 4.78 is 44.4. The van der Waals surface area contributed by atoms with Crippen LogP contribution in [-0.2, 0) is 10.9 Å². The van der Waals surface area contributed by atoms with Crippen LogP contribution < -0.4 is 5.32 Å². The van der Waals surface area contributed by atoms with Crippen LogP contribution in [-0.4, -0.2) is 25.3 Å². The molecular weight excluding hydrogens is 267 g/mol. The number of aryl methyl sites for hydroxylation is 1. The number of hydrogen-bond donors (Lipinski definition) is 1. The van der Waals surface area contributed by atoms with Crippen LogP contribution in [0, 0.1) is 6.92 Å². The number of nitrogens with one attached hydrogen (secondary N) is 1. The first kappa shape index (κ1) is 13.6. The summed E-state index contributed by atoms with van der Waals surface area (Å²) in [5.74, 6) is 0. The Morgan fingerprint density at radius 1 is 1.25 bits per heavy atom. The monoisotopic (exact) mass is 283 g/mol. The fourth-order valence-corrected chi connectivity index (χ4v) is 2.87. The zero-order chi connectivity index (χ0) is 14.3. The number of rotatable bonds is 1. The largest absolute Gasteiger partial charge is 0.416 e. The number of ether oxygens (including phenoxy) is 1. The first-order valence-electron chi connectivity index (χ1n) is 6.66. The quantitative estimate of drug-likeness (QED) is 0.855. The van der Waals surface area contributed by atoms with Gasteiger partial charge in [0.25, 0.3) is 0 Å². The minimum atomic E-state index is -4.30. The summed E-state index contributed by atoms with van der Waals surface area (Å²) >= 11 is 0. The molecule has 2 heterocycles. The van der Waals surface area contributed by atoms with Crippen molar-refractivity contribution in [2.45, 2.75) is 31.6 Å². The van der Waals surface area contributed by atoms with Gasteiger partial charge in [-0.3, -0.25) is 0 Å². The molecule has 0 aliphatic carbocycles. The van der Waals surface area contributed by atoms with Gasteiger partial charge in [0.15, 0.2) is 0 Å². The summed E-state index contributed by atoms with van der Waals surface area (Å²) in [6.07, 6.45) is -1.61. The predicted octanol–water partition coefficient (Wildman–Crippen LogP) is 3.16. The maximum Gasteiger partial charge on any atom is 0.416 e. The SMILES string of the molecule is Cc1ccc(C2=CC3COCC(C2)N3)cc1C(F)(F)F. The zero-order valence-electron chi connectivity index (χ0n) is 11.1. The molecule has 0 radical (unpaired) electrons. The maximum absolute atomic E-state index is 13.0. The second kappa shape index (κ2) is 4.90. The molecule has 20 heavy (non-hydrogen) atoms. The van der Waals surface area contributed by atoms with E-state index in [-0.39, 0.29) is 17.6 Å². The van der Waals surface area contributed by atoms with E-state index in [0.29, 0.717) is 25.2 Å². The van der Waals surface area contributed by atoms with Crippen molar-refractivity contribution in [2.75, 3.05) is 13.2 Å². The molecule has 0 saturated carbocycles. The molecule has 1 saturated heterocycles. The van der Waals surface area contributed by atoms with Gasteiger partial charge in [-0.2, -0.15) is 13.2 Å². The van der Waals surface area contributed by atoms with E-state index in [4.69, 9.17) is 4.74 Å². The summed E-state index contributed by atoms with van der Waals surface area (Å²) in [6, 6.07) is 4.90. The average Bonchev–Trinajstić information content (AvgIpc) is 2.37. The molecule has 0 aromatic heterocycles. The molecule has 1 N–H and O–H groups in total. The van der Waals surface area contributed by atoms with Gasteiger partial charge < -0.3 is 10.1 Å². The predicted molar refractivity (Wildman–Crippen MR) is 70.3 cm³/mol. The van der Waals surface area contributed by atoms with E-state index in [9.17, 15) is 13.2 Å². The van der Waals surface area contributed by atoms with E-state index in [2.05, 4.69) is 5.32 Å². The molecule has 1 aromatic rings. The number of morpholine rings is 1. The third-order valence-electron chi connectivity index (χ3n) is 3.85. The van der Waals surface area contributed by atoms with Crippen molar-refractivity contribution in [3.8, 4) is 0 Å². The van der Waals surface area contributed by atoms with E-state index in [1.165, 1.54) is 13.0 Å². The fourth-order valence-electron chi connectivity index (χ4n) is 2.87. The topological polar surface area (TPSA) is 21.3 Å². The van der Waals surface area contributed by atoms with Crippen LogP contribution in [0.3, 0.4) is 0 Å². The Bertz CT molecular complexity index is 551. The molecule has 108 valence electrons. The Balaban J connectivity index is 1.97. The van der Waals surface area contributed by atoms with Crippen molar-refractivity contribution in [3.05, 3.63) is 41.0 Å². The highest BCUT2D eigenvalue weighted by Crippen LogP contribution is 2.35. The summed E-state index contributed by atoms with van der Waals surface area (Å²) in [7, 11) is 0. The van der Waals surface area contributed by atoms with Crippen LogP contribution in [0.15, 0.2) is 24.3 Å². The molecule has 3 rings (SSSR count). The molecule has 2 bridgehead atoms. The van der Waals surface area contributed by atoms with Crippen molar-refractivity contribution in [1.82, 2.24) is 5.32 Å². The lowest BCUT2D eigenvalue weighted by Gasteiger charge is -2.35. The first-order chi connectivity index (χ1) is 9.43. The van der Waals surface area contributed by atoms with Crippen molar-refractivity contribution in [2.24, 2.45) is 0 Å². The van der Waals surface area contributed by atoms with E-state index >= 15 is 0 Å². The Hall–Kier alpha value is -1.33. The molecule has 1 aromatic carbocycles. The van der Waals surface area contributed by atoms with Gasteiger partial charge in [0.2, 0.25) is 0 Å². The minimum Gasteiger partial charge on any atom is -0.378 e. The molecule has 0 spiro atoms. The second-order valence-electron chi connectivity index (χ2n) is 5.43. The first-order valence-corrected chi connectivity index (χ1v) is 6.66. The number of benzene rings is 1. The Morgan fingerprint density at radius 3 is 2.75 bits per heavy atom. The van der Waals surface area contributed by atoms with Gasteiger partial charge in [0, 0.05) is 12.1 Å². The fraction of sp³-hybridized carbons (Fsp3) is 0.467. The highest BCUT2D eigenvalue weighted by Gasteiger charge is 2.33. The number of halogens is 3. The molecular formula is C15H16F3NO. The third-order valence-corrected chi connectivity index (χ3v) is 3.85. The van der Waals surface area contributed by atoms with Gasteiger partial charge in [-0.15, -0.1) is 0 Å². The standard InChI is InChI=1S/C15H16F3NO/c1-9-2-3-10(6-14(9)15(16,17)18)11-4-12-7-20-8-13(5-11)19-12/h2-4,6,12-13,19H,5,7-8H2,1H3. The summed E-state index contributed by atoms with van der Waals surface area (Å²) in [4.78, 5) is 0. The summed E-state index contributed by atoms with van der Waals surface area (Å²) in [5, 5.41) is 3.39. The van der Waals surface area contributed by atoms with Gasteiger partial charge >= 0.3 is 6.18 Å². The average molecular weight is 283 g/mol. The molecule has 2 nitrogen and oxygen atoms in total.